The minimum Gasteiger partial charge on any atom is -0.485 e. The minimum atomic E-state index is -0.644. The maximum absolute atomic E-state index is 12.3. The molecule has 0 aromatic heterocycles. The largest absolute Gasteiger partial charge is 0.485 e. The van der Waals surface area contributed by atoms with Crippen molar-refractivity contribution in [1.82, 2.24) is 0 Å². The summed E-state index contributed by atoms with van der Waals surface area (Å²) in [6, 6.07) is 15.0. The first-order valence-electron chi connectivity index (χ1n) is 6.60. The lowest BCUT2D eigenvalue weighted by atomic mass is 10.2. The van der Waals surface area contributed by atoms with Crippen LogP contribution in [0, 0.1) is 0 Å². The van der Waals surface area contributed by atoms with Gasteiger partial charge in [-0.05, 0) is 30.5 Å². The van der Waals surface area contributed by atoms with Crippen molar-refractivity contribution in [3.05, 3.63) is 48.5 Å². The summed E-state index contributed by atoms with van der Waals surface area (Å²) in [6.45, 7) is 0.213. The number of nitrogens with one attached hydrogen (secondary N) is 1. The lowest BCUT2D eigenvalue weighted by molar-refractivity contribution is -0.125. The topological polar surface area (TPSA) is 47.6 Å². The molecule has 0 saturated carbocycles. The van der Waals surface area contributed by atoms with E-state index in [9.17, 15) is 4.79 Å². The van der Waals surface area contributed by atoms with Gasteiger partial charge in [-0.1, -0.05) is 24.3 Å². The number of anilines is 1. The van der Waals surface area contributed by atoms with Crippen LogP contribution in [0.4, 0.5) is 5.69 Å². The average Bonchev–Trinajstić information content (AvgIpc) is 2.55. The van der Waals surface area contributed by atoms with Gasteiger partial charge in [0.2, 0.25) is 6.10 Å². The Kier molecular flexibility index (Phi) is 4.01. The molecule has 0 bridgehead atoms. The number of rotatable bonds is 3. The fourth-order valence-corrected chi connectivity index (χ4v) is 2.66. The Morgan fingerprint density at radius 2 is 1.86 bits per heavy atom. The second kappa shape index (κ2) is 6.10. The van der Waals surface area contributed by atoms with Crippen molar-refractivity contribution in [2.75, 3.05) is 18.2 Å². The molecule has 0 spiro atoms. The quantitative estimate of drug-likeness (QED) is 0.885. The Labute approximate surface area is 127 Å². The predicted octanol–water partition coefficient (Wildman–Crippen LogP) is 3.19. The summed E-state index contributed by atoms with van der Waals surface area (Å²) in [4.78, 5) is 13.3. The van der Waals surface area contributed by atoms with E-state index in [1.165, 1.54) is 0 Å². The summed E-state index contributed by atoms with van der Waals surface area (Å²) >= 11 is 1.59. The minimum absolute atomic E-state index is 0.203. The third kappa shape index (κ3) is 2.97. The zero-order chi connectivity index (χ0) is 14.7. The third-order valence-electron chi connectivity index (χ3n) is 3.17. The third-order valence-corrected chi connectivity index (χ3v) is 3.96. The molecule has 0 saturated heterocycles. The molecule has 2 aromatic rings. The number of amides is 1. The van der Waals surface area contributed by atoms with Gasteiger partial charge in [-0.2, -0.15) is 0 Å². The van der Waals surface area contributed by atoms with Crippen molar-refractivity contribution < 1.29 is 14.3 Å². The molecule has 0 unspecified atom stereocenters. The molecule has 0 radical (unpaired) electrons. The zero-order valence-corrected chi connectivity index (χ0v) is 12.4. The van der Waals surface area contributed by atoms with Crippen molar-refractivity contribution in [1.29, 1.82) is 0 Å². The fourth-order valence-electron chi connectivity index (χ4n) is 2.11. The van der Waals surface area contributed by atoms with Crippen LogP contribution in [0.15, 0.2) is 53.4 Å². The maximum atomic E-state index is 12.3. The first kappa shape index (κ1) is 13.8. The molecule has 1 amide bonds. The number of fused-ring (bicyclic) bond motifs is 1. The van der Waals surface area contributed by atoms with E-state index >= 15 is 0 Å². The molecule has 1 atom stereocenters. The fraction of sp³-hybridized carbons (Fsp3) is 0.188. The molecule has 0 aliphatic carbocycles. The molecule has 1 aliphatic heterocycles. The number of hydrogen-bond donors (Lipinski definition) is 1. The van der Waals surface area contributed by atoms with Crippen molar-refractivity contribution in [2.45, 2.75) is 11.0 Å². The number of para-hydroxylation sites is 3. The number of ether oxygens (including phenoxy) is 2. The Hall–Kier alpha value is -2.14. The van der Waals surface area contributed by atoms with E-state index in [2.05, 4.69) is 5.32 Å². The highest BCUT2D eigenvalue weighted by atomic mass is 32.2. The molecule has 1 heterocycles. The van der Waals surface area contributed by atoms with Crippen molar-refractivity contribution in [2.24, 2.45) is 0 Å². The van der Waals surface area contributed by atoms with Crippen molar-refractivity contribution in [3.63, 3.8) is 0 Å². The van der Waals surface area contributed by atoms with Crippen LogP contribution in [-0.2, 0) is 4.79 Å². The molecule has 3 rings (SSSR count). The van der Waals surface area contributed by atoms with Crippen molar-refractivity contribution in [3.8, 4) is 11.5 Å². The van der Waals surface area contributed by atoms with Crippen LogP contribution in [-0.4, -0.2) is 24.9 Å². The van der Waals surface area contributed by atoms with Gasteiger partial charge in [0.25, 0.3) is 5.91 Å². The molecule has 2 aromatic carbocycles. The number of benzene rings is 2. The normalized spacial score (nSPS) is 16.3. The molecule has 4 nitrogen and oxygen atoms in total. The summed E-state index contributed by atoms with van der Waals surface area (Å²) < 4.78 is 11.3. The first-order chi connectivity index (χ1) is 10.3. The van der Waals surface area contributed by atoms with E-state index < -0.39 is 6.10 Å². The van der Waals surface area contributed by atoms with Gasteiger partial charge in [0.05, 0.1) is 5.69 Å². The predicted molar refractivity (Wildman–Crippen MR) is 83.2 cm³/mol. The van der Waals surface area contributed by atoms with Gasteiger partial charge in [-0.3, -0.25) is 4.79 Å². The standard InChI is InChI=1S/C16H15NO3S/c1-21-15-9-5-2-6-11(15)17-16(18)14-10-19-12-7-3-4-8-13(12)20-14/h2-9,14H,10H2,1H3,(H,17,18)/t14-/m0/s1. The highest BCUT2D eigenvalue weighted by Crippen LogP contribution is 2.31. The van der Waals surface area contributed by atoms with E-state index in [-0.39, 0.29) is 12.5 Å². The van der Waals surface area contributed by atoms with Gasteiger partial charge >= 0.3 is 0 Å². The SMILES string of the molecule is CSc1ccccc1NC(=O)[C@@H]1COc2ccccc2O1. The van der Waals surface area contributed by atoms with Gasteiger partial charge in [-0.15, -0.1) is 11.8 Å². The van der Waals surface area contributed by atoms with Gasteiger partial charge in [0, 0.05) is 4.90 Å². The highest BCUT2D eigenvalue weighted by Gasteiger charge is 2.27. The Morgan fingerprint density at radius 3 is 2.67 bits per heavy atom. The number of hydrogen-bond acceptors (Lipinski definition) is 4. The molecular weight excluding hydrogens is 286 g/mol. The summed E-state index contributed by atoms with van der Waals surface area (Å²) in [5, 5.41) is 2.90. The van der Waals surface area contributed by atoms with E-state index in [0.717, 1.165) is 10.6 Å². The average molecular weight is 301 g/mol. The maximum Gasteiger partial charge on any atom is 0.269 e. The van der Waals surface area contributed by atoms with Crippen LogP contribution >= 0.6 is 11.8 Å². The number of carbonyl (C=O) groups is 1. The molecule has 108 valence electrons. The lowest BCUT2D eigenvalue weighted by Crippen LogP contribution is -2.40. The van der Waals surface area contributed by atoms with Gasteiger partial charge in [0.15, 0.2) is 11.5 Å². The number of thioether (sulfide) groups is 1. The number of carbonyl (C=O) groups excluding carboxylic acids is 1. The van der Waals surface area contributed by atoms with E-state index in [0.29, 0.717) is 11.5 Å². The van der Waals surface area contributed by atoms with Crippen molar-refractivity contribution >= 4 is 23.4 Å². The van der Waals surface area contributed by atoms with E-state index in [1.54, 1.807) is 17.8 Å². The molecule has 21 heavy (non-hydrogen) atoms. The molecule has 5 heteroatoms. The van der Waals surface area contributed by atoms with Crippen LogP contribution in [0.3, 0.4) is 0 Å². The van der Waals surface area contributed by atoms with Gasteiger partial charge in [-0.25, -0.2) is 0 Å². The summed E-state index contributed by atoms with van der Waals surface area (Å²) in [5.74, 6) is 1.07. The van der Waals surface area contributed by atoms with Crippen LogP contribution in [0.2, 0.25) is 0 Å². The van der Waals surface area contributed by atoms with Gasteiger partial charge in [0.1, 0.15) is 6.61 Å². The van der Waals surface area contributed by atoms with Crippen LogP contribution in [0.25, 0.3) is 0 Å². The Bertz CT molecular complexity index is 659. The molecular formula is C16H15NO3S. The van der Waals surface area contributed by atoms with E-state index in [4.69, 9.17) is 9.47 Å². The zero-order valence-electron chi connectivity index (χ0n) is 11.5. The molecule has 1 aliphatic rings. The van der Waals surface area contributed by atoms with Crippen LogP contribution in [0.1, 0.15) is 0 Å². The van der Waals surface area contributed by atoms with Gasteiger partial charge < -0.3 is 14.8 Å². The highest BCUT2D eigenvalue weighted by molar-refractivity contribution is 7.98. The monoisotopic (exact) mass is 301 g/mol. The summed E-state index contributed by atoms with van der Waals surface area (Å²) in [5.41, 5.74) is 0.789. The summed E-state index contributed by atoms with van der Waals surface area (Å²) in [6.07, 6.45) is 1.33. The molecule has 1 N–H and O–H groups in total. The Balaban J connectivity index is 1.72. The Morgan fingerprint density at radius 1 is 1.14 bits per heavy atom. The smallest absolute Gasteiger partial charge is 0.269 e. The molecule has 0 fully saturated rings. The van der Waals surface area contributed by atoms with Crippen LogP contribution < -0.4 is 14.8 Å². The second-order valence-corrected chi connectivity index (χ2v) is 5.40. The lowest BCUT2D eigenvalue weighted by Gasteiger charge is -2.25. The van der Waals surface area contributed by atoms with E-state index in [1.807, 2.05) is 48.7 Å². The van der Waals surface area contributed by atoms with Crippen LogP contribution in [0.5, 0.6) is 11.5 Å². The second-order valence-electron chi connectivity index (χ2n) is 4.55. The first-order valence-corrected chi connectivity index (χ1v) is 7.83. The summed E-state index contributed by atoms with van der Waals surface area (Å²) in [7, 11) is 0.